The van der Waals surface area contributed by atoms with Gasteiger partial charge in [0.15, 0.2) is 0 Å². The number of isothiocyanates is 1. The molecule has 0 saturated carbocycles. The van der Waals surface area contributed by atoms with Gasteiger partial charge in [-0.1, -0.05) is 6.92 Å². The first-order chi connectivity index (χ1) is 3.81. The summed E-state index contributed by atoms with van der Waals surface area (Å²) in [5.41, 5.74) is 0. The summed E-state index contributed by atoms with van der Waals surface area (Å²) >= 11 is 4.12. The summed E-state index contributed by atoms with van der Waals surface area (Å²) in [6.07, 6.45) is 0.306. The topological polar surface area (TPSA) is 38.7 Å². The first-order valence-corrected chi connectivity index (χ1v) is 2.49. The lowest BCUT2D eigenvalue weighted by atomic mass is 10.5. The molecule has 4 heteroatoms. The second kappa shape index (κ2) is 4.43. The maximum atomic E-state index is 10.2. The normalized spacial score (nSPS) is 7.12. The van der Waals surface area contributed by atoms with Crippen LogP contribution in [0.15, 0.2) is 5.16 Å². The number of thiocarbonyl (C=S) groups is 1. The van der Waals surface area contributed by atoms with E-state index in [2.05, 4.69) is 22.2 Å². The Bertz CT molecular complexity index is 128. The van der Waals surface area contributed by atoms with E-state index in [1.807, 2.05) is 5.16 Å². The van der Waals surface area contributed by atoms with E-state index in [4.69, 9.17) is 0 Å². The first-order valence-electron chi connectivity index (χ1n) is 2.08. The fraction of sp³-hybridized carbons (Fsp3) is 0.500. The summed E-state index contributed by atoms with van der Waals surface area (Å²) in [5, 5.41) is 4.86. The standard InChI is InChI=1S/C4H5NO2S/c1-2-4(6)7-5-3-8/h2H2,1H3. The van der Waals surface area contributed by atoms with Crippen LogP contribution in [0.4, 0.5) is 0 Å². The lowest BCUT2D eigenvalue weighted by Gasteiger charge is -1.85. The zero-order chi connectivity index (χ0) is 6.41. The highest BCUT2D eigenvalue weighted by Crippen LogP contribution is 1.81. The van der Waals surface area contributed by atoms with E-state index in [0.717, 1.165) is 0 Å². The molecule has 0 aliphatic rings. The van der Waals surface area contributed by atoms with E-state index in [1.165, 1.54) is 0 Å². The molecule has 0 rings (SSSR count). The van der Waals surface area contributed by atoms with Gasteiger partial charge in [0.2, 0.25) is 0 Å². The average molecular weight is 131 g/mol. The summed E-state index contributed by atoms with van der Waals surface area (Å²) in [6, 6.07) is 0. The van der Waals surface area contributed by atoms with Crippen molar-refractivity contribution in [2.75, 3.05) is 0 Å². The monoisotopic (exact) mass is 131 g/mol. The summed E-state index contributed by atoms with van der Waals surface area (Å²) < 4.78 is 0. The lowest BCUT2D eigenvalue weighted by Crippen LogP contribution is -1.94. The molecular weight excluding hydrogens is 126 g/mol. The molecule has 0 aliphatic heterocycles. The summed E-state index contributed by atoms with van der Waals surface area (Å²) in [5.74, 6) is -0.401. The smallest absolute Gasteiger partial charge is 0.309 e. The maximum absolute atomic E-state index is 10.2. The minimum Gasteiger partial charge on any atom is -0.309 e. The summed E-state index contributed by atoms with van der Waals surface area (Å²) in [7, 11) is 0. The third kappa shape index (κ3) is 3.46. The zero-order valence-corrected chi connectivity index (χ0v) is 5.20. The Labute approximate surface area is 52.3 Å². The molecular formula is C4H5NO2S. The Morgan fingerprint density at radius 1 is 2.00 bits per heavy atom. The van der Waals surface area contributed by atoms with Crippen molar-refractivity contribution in [1.29, 1.82) is 0 Å². The largest absolute Gasteiger partial charge is 0.335 e. The third-order valence-electron chi connectivity index (χ3n) is 0.473. The van der Waals surface area contributed by atoms with Crippen molar-refractivity contribution in [3.05, 3.63) is 0 Å². The van der Waals surface area contributed by atoms with Crippen molar-refractivity contribution in [2.24, 2.45) is 5.16 Å². The minimum absolute atomic E-state index is 0.306. The Morgan fingerprint density at radius 2 is 2.62 bits per heavy atom. The molecule has 0 radical (unpaired) electrons. The molecule has 0 aromatic carbocycles. The quantitative estimate of drug-likeness (QED) is 0.242. The fourth-order valence-corrected chi connectivity index (χ4v) is 0.171. The molecule has 44 valence electrons. The number of carbonyl (C=O) groups excluding carboxylic acids is 1. The van der Waals surface area contributed by atoms with Crippen molar-refractivity contribution >= 4 is 23.3 Å². The maximum Gasteiger partial charge on any atom is 0.335 e. The molecule has 0 amide bonds. The van der Waals surface area contributed by atoms with E-state index in [1.54, 1.807) is 6.92 Å². The highest BCUT2D eigenvalue weighted by atomic mass is 32.1. The summed E-state index contributed by atoms with van der Waals surface area (Å²) in [4.78, 5) is 14.3. The SMILES string of the molecule is CCC(=O)ON=C=S. The van der Waals surface area contributed by atoms with Crippen LogP contribution in [-0.4, -0.2) is 11.1 Å². The molecule has 0 unspecified atom stereocenters. The van der Waals surface area contributed by atoms with Gasteiger partial charge in [-0.3, -0.25) is 0 Å². The second-order valence-electron chi connectivity index (χ2n) is 0.999. The molecule has 8 heavy (non-hydrogen) atoms. The van der Waals surface area contributed by atoms with Gasteiger partial charge in [-0.25, -0.2) is 4.79 Å². The van der Waals surface area contributed by atoms with E-state index < -0.39 is 5.97 Å². The Kier molecular flexibility index (Phi) is 4.03. The van der Waals surface area contributed by atoms with Crippen LogP contribution in [0, 0.1) is 0 Å². The minimum atomic E-state index is -0.401. The lowest BCUT2D eigenvalue weighted by molar-refractivity contribution is -0.143. The number of nitrogens with zero attached hydrogens (tertiary/aromatic N) is 1. The molecule has 0 fully saturated rings. The molecule has 0 atom stereocenters. The third-order valence-corrected chi connectivity index (χ3v) is 0.548. The molecule has 0 heterocycles. The van der Waals surface area contributed by atoms with Crippen LogP contribution in [0.1, 0.15) is 13.3 Å². The van der Waals surface area contributed by atoms with Crippen LogP contribution in [0.2, 0.25) is 0 Å². The zero-order valence-electron chi connectivity index (χ0n) is 4.38. The van der Waals surface area contributed by atoms with Crippen LogP contribution in [0.3, 0.4) is 0 Å². The van der Waals surface area contributed by atoms with Gasteiger partial charge in [0, 0.05) is 6.42 Å². The average Bonchev–Trinajstić information content (AvgIpc) is 1.83. The van der Waals surface area contributed by atoms with Gasteiger partial charge in [0.1, 0.15) is 5.16 Å². The fourth-order valence-electron chi connectivity index (χ4n) is 0.134. The van der Waals surface area contributed by atoms with Gasteiger partial charge in [-0.2, -0.15) is 0 Å². The van der Waals surface area contributed by atoms with E-state index >= 15 is 0 Å². The van der Waals surface area contributed by atoms with E-state index in [-0.39, 0.29) is 0 Å². The number of rotatable bonds is 2. The number of hydrogen-bond acceptors (Lipinski definition) is 4. The van der Waals surface area contributed by atoms with E-state index in [0.29, 0.717) is 6.42 Å². The predicted molar refractivity (Wildman–Crippen MR) is 31.4 cm³/mol. The van der Waals surface area contributed by atoms with Crippen molar-refractivity contribution in [1.82, 2.24) is 0 Å². The van der Waals surface area contributed by atoms with Crippen molar-refractivity contribution in [3.63, 3.8) is 0 Å². The summed E-state index contributed by atoms with van der Waals surface area (Å²) in [6.45, 7) is 1.67. The van der Waals surface area contributed by atoms with Gasteiger partial charge in [-0.15, -0.1) is 0 Å². The molecule has 0 spiro atoms. The highest BCUT2D eigenvalue weighted by Gasteiger charge is 1.92. The number of carbonyl (C=O) groups is 1. The molecule has 0 bridgehead atoms. The van der Waals surface area contributed by atoms with Crippen LogP contribution in [-0.2, 0) is 9.63 Å². The Hall–Kier alpha value is -0.730. The molecule has 0 aliphatic carbocycles. The van der Waals surface area contributed by atoms with Gasteiger partial charge in [-0.05, 0) is 17.4 Å². The van der Waals surface area contributed by atoms with Gasteiger partial charge >= 0.3 is 5.97 Å². The molecule has 0 aromatic heterocycles. The number of hydrogen-bond donors (Lipinski definition) is 0. The van der Waals surface area contributed by atoms with Gasteiger partial charge in [0.05, 0.1) is 0 Å². The van der Waals surface area contributed by atoms with Crippen molar-refractivity contribution in [3.8, 4) is 0 Å². The second-order valence-corrected chi connectivity index (χ2v) is 1.18. The Balaban J connectivity index is 3.39. The van der Waals surface area contributed by atoms with Crippen molar-refractivity contribution in [2.45, 2.75) is 13.3 Å². The predicted octanol–water partition coefficient (Wildman–Crippen LogP) is 0.957. The first kappa shape index (κ1) is 7.27. The van der Waals surface area contributed by atoms with Crippen molar-refractivity contribution < 1.29 is 9.63 Å². The molecule has 0 N–H and O–H groups in total. The van der Waals surface area contributed by atoms with Gasteiger partial charge in [0.25, 0.3) is 0 Å². The van der Waals surface area contributed by atoms with E-state index in [9.17, 15) is 4.79 Å². The van der Waals surface area contributed by atoms with Crippen LogP contribution in [0.5, 0.6) is 0 Å². The Morgan fingerprint density at radius 3 is 3.00 bits per heavy atom. The van der Waals surface area contributed by atoms with Crippen LogP contribution in [0.25, 0.3) is 0 Å². The molecule has 0 saturated heterocycles. The van der Waals surface area contributed by atoms with Crippen LogP contribution < -0.4 is 0 Å². The molecule has 3 nitrogen and oxygen atoms in total. The molecule has 0 aromatic rings. The highest BCUT2D eigenvalue weighted by molar-refractivity contribution is 7.78. The van der Waals surface area contributed by atoms with Crippen LogP contribution >= 0.6 is 12.2 Å². The van der Waals surface area contributed by atoms with Gasteiger partial charge < -0.3 is 4.84 Å².